The van der Waals surface area contributed by atoms with E-state index in [-0.39, 0.29) is 22.9 Å². The molecule has 1 fully saturated rings. The molecule has 118 valence electrons. The molecule has 0 spiro atoms. The van der Waals surface area contributed by atoms with E-state index in [1.165, 1.54) is 0 Å². The summed E-state index contributed by atoms with van der Waals surface area (Å²) in [7, 11) is 0. The number of nitrogens with zero attached hydrogens (tertiary/aromatic N) is 3. The van der Waals surface area contributed by atoms with Crippen molar-refractivity contribution in [3.8, 4) is 6.01 Å². The number of hydrogen-bond donors (Lipinski definition) is 1. The van der Waals surface area contributed by atoms with Crippen LogP contribution in [0.25, 0.3) is 0 Å². The monoisotopic (exact) mass is 314 g/mol. The van der Waals surface area contributed by atoms with Gasteiger partial charge in [-0.05, 0) is 44.2 Å². The Morgan fingerprint density at radius 2 is 2.05 bits per heavy atom. The molecule has 0 bridgehead atoms. The maximum atomic E-state index is 5.97. The second-order valence-electron chi connectivity index (χ2n) is 5.22. The smallest absolute Gasteiger partial charge is 0.322 e. The molecule has 1 saturated heterocycles. The minimum Gasteiger partial charge on any atom is -0.464 e. The van der Waals surface area contributed by atoms with Gasteiger partial charge in [0.2, 0.25) is 11.2 Å². The zero-order valence-electron chi connectivity index (χ0n) is 12.9. The van der Waals surface area contributed by atoms with Crippen molar-refractivity contribution in [2.24, 2.45) is 0 Å². The fraction of sp³-hybridized carbons (Fsp3) is 0.786. The van der Waals surface area contributed by atoms with Crippen LogP contribution in [0.1, 0.15) is 46.5 Å². The number of anilines is 1. The van der Waals surface area contributed by atoms with E-state index in [1.807, 2.05) is 6.92 Å². The van der Waals surface area contributed by atoms with Crippen LogP contribution in [-0.2, 0) is 4.74 Å². The van der Waals surface area contributed by atoms with E-state index < -0.39 is 0 Å². The Labute approximate surface area is 130 Å². The summed E-state index contributed by atoms with van der Waals surface area (Å²) >= 11 is 5.91. The van der Waals surface area contributed by atoms with Crippen LogP contribution in [0.4, 0.5) is 5.95 Å². The second-order valence-corrected chi connectivity index (χ2v) is 5.55. The van der Waals surface area contributed by atoms with Crippen LogP contribution < -0.4 is 10.1 Å². The van der Waals surface area contributed by atoms with E-state index >= 15 is 0 Å². The summed E-state index contributed by atoms with van der Waals surface area (Å²) in [6.07, 6.45) is 3.87. The van der Waals surface area contributed by atoms with E-state index in [0.29, 0.717) is 12.6 Å². The molecule has 0 radical (unpaired) electrons. The van der Waals surface area contributed by atoms with E-state index in [1.54, 1.807) is 0 Å². The molecule has 0 saturated carbocycles. The number of aromatic nitrogens is 3. The normalized spacial score (nSPS) is 21.0. The van der Waals surface area contributed by atoms with Crippen LogP contribution >= 0.6 is 11.6 Å². The van der Waals surface area contributed by atoms with Gasteiger partial charge in [-0.2, -0.15) is 15.0 Å². The Morgan fingerprint density at radius 3 is 2.71 bits per heavy atom. The summed E-state index contributed by atoms with van der Waals surface area (Å²) in [5.74, 6) is 0.464. The fourth-order valence-electron chi connectivity index (χ4n) is 2.67. The minimum absolute atomic E-state index is 0.0461. The molecule has 1 unspecified atom stereocenters. The molecule has 2 rings (SSSR count). The molecule has 21 heavy (non-hydrogen) atoms. The molecular formula is C14H23ClN4O2. The van der Waals surface area contributed by atoms with E-state index in [4.69, 9.17) is 21.1 Å². The van der Waals surface area contributed by atoms with Crippen molar-refractivity contribution in [3.63, 3.8) is 0 Å². The number of rotatable bonds is 6. The Balaban J connectivity index is 2.07. The summed E-state index contributed by atoms with van der Waals surface area (Å²) in [5.41, 5.74) is -0.0461. The molecule has 0 amide bonds. The average molecular weight is 315 g/mol. The predicted molar refractivity (Wildman–Crippen MR) is 81.9 cm³/mol. The lowest BCUT2D eigenvalue weighted by Crippen LogP contribution is -2.43. The maximum Gasteiger partial charge on any atom is 0.322 e. The number of hydrogen-bond acceptors (Lipinski definition) is 6. The first kappa shape index (κ1) is 16.2. The van der Waals surface area contributed by atoms with Gasteiger partial charge in [-0.15, -0.1) is 0 Å². The fourth-order valence-corrected chi connectivity index (χ4v) is 2.82. The largest absolute Gasteiger partial charge is 0.464 e. The van der Waals surface area contributed by atoms with Gasteiger partial charge in [-0.1, -0.05) is 13.8 Å². The number of ether oxygens (including phenoxy) is 2. The highest BCUT2D eigenvalue weighted by molar-refractivity contribution is 6.28. The molecule has 1 aromatic rings. The second kappa shape index (κ2) is 7.22. The quantitative estimate of drug-likeness (QED) is 0.870. The lowest BCUT2D eigenvalue weighted by Gasteiger charge is -2.40. The average Bonchev–Trinajstić information content (AvgIpc) is 2.47. The number of halogens is 1. The van der Waals surface area contributed by atoms with E-state index in [2.05, 4.69) is 34.1 Å². The summed E-state index contributed by atoms with van der Waals surface area (Å²) in [4.78, 5) is 12.3. The van der Waals surface area contributed by atoms with Crippen LogP contribution in [-0.4, -0.2) is 39.8 Å². The van der Waals surface area contributed by atoms with Crippen LogP contribution in [0, 0.1) is 0 Å². The summed E-state index contributed by atoms with van der Waals surface area (Å²) < 4.78 is 11.3. The topological polar surface area (TPSA) is 69.2 Å². The third kappa shape index (κ3) is 4.17. The molecule has 7 heteroatoms. The summed E-state index contributed by atoms with van der Waals surface area (Å²) in [6.45, 7) is 7.44. The molecule has 2 heterocycles. The first-order valence-corrected chi connectivity index (χ1v) is 7.93. The molecule has 1 aliphatic rings. The van der Waals surface area contributed by atoms with Crippen molar-refractivity contribution in [2.75, 3.05) is 18.5 Å². The van der Waals surface area contributed by atoms with Gasteiger partial charge in [0, 0.05) is 12.6 Å². The number of nitrogens with one attached hydrogen (secondary N) is 1. The van der Waals surface area contributed by atoms with Gasteiger partial charge >= 0.3 is 6.01 Å². The lowest BCUT2D eigenvalue weighted by molar-refractivity contribution is -0.0865. The van der Waals surface area contributed by atoms with Gasteiger partial charge in [0.15, 0.2) is 0 Å². The highest BCUT2D eigenvalue weighted by Crippen LogP contribution is 2.32. The van der Waals surface area contributed by atoms with Gasteiger partial charge in [0.05, 0.1) is 12.2 Å². The Hall–Kier alpha value is -1.14. The lowest BCUT2D eigenvalue weighted by atomic mass is 9.86. The van der Waals surface area contributed by atoms with Crippen LogP contribution in [0.3, 0.4) is 0 Å². The van der Waals surface area contributed by atoms with Gasteiger partial charge in [-0.25, -0.2) is 0 Å². The molecule has 0 aliphatic carbocycles. The molecular weight excluding hydrogens is 292 g/mol. The van der Waals surface area contributed by atoms with Gasteiger partial charge in [-0.3, -0.25) is 0 Å². The maximum absolute atomic E-state index is 5.97. The highest BCUT2D eigenvalue weighted by atomic mass is 35.5. The highest BCUT2D eigenvalue weighted by Gasteiger charge is 2.34. The Bertz CT molecular complexity index is 468. The first-order chi connectivity index (χ1) is 10.1. The van der Waals surface area contributed by atoms with Crippen molar-refractivity contribution in [1.29, 1.82) is 0 Å². The molecule has 1 aliphatic heterocycles. The van der Waals surface area contributed by atoms with E-state index in [0.717, 1.165) is 32.3 Å². The first-order valence-electron chi connectivity index (χ1n) is 7.55. The SMILES string of the molecule is CCOc1nc(Cl)nc(NC2CCOC(CC)(CC)C2)n1. The van der Waals surface area contributed by atoms with Gasteiger partial charge in [0.25, 0.3) is 0 Å². The standard InChI is InChI=1S/C14H23ClN4O2/c1-4-14(5-2)9-10(7-8-21-14)16-12-17-11(15)18-13(19-12)20-6-3/h10H,4-9H2,1-3H3,(H,16,17,18,19). The summed E-state index contributed by atoms with van der Waals surface area (Å²) in [6, 6.07) is 0.524. The Morgan fingerprint density at radius 1 is 1.29 bits per heavy atom. The third-order valence-electron chi connectivity index (χ3n) is 3.98. The van der Waals surface area contributed by atoms with Crippen LogP contribution in [0.2, 0.25) is 5.28 Å². The third-order valence-corrected chi connectivity index (χ3v) is 4.14. The van der Waals surface area contributed by atoms with Crippen molar-refractivity contribution < 1.29 is 9.47 Å². The molecule has 6 nitrogen and oxygen atoms in total. The molecule has 0 aromatic carbocycles. The molecule has 1 N–H and O–H groups in total. The van der Waals surface area contributed by atoms with E-state index in [9.17, 15) is 0 Å². The van der Waals surface area contributed by atoms with Crippen molar-refractivity contribution in [3.05, 3.63) is 5.28 Å². The summed E-state index contributed by atoms with van der Waals surface area (Å²) in [5, 5.41) is 3.48. The zero-order chi connectivity index (χ0) is 15.3. The van der Waals surface area contributed by atoms with Crippen LogP contribution in [0.15, 0.2) is 0 Å². The Kier molecular flexibility index (Phi) is 5.58. The predicted octanol–water partition coefficient (Wildman–Crippen LogP) is 3.07. The van der Waals surface area contributed by atoms with Crippen molar-refractivity contribution >= 4 is 17.5 Å². The van der Waals surface area contributed by atoms with Crippen LogP contribution in [0.5, 0.6) is 6.01 Å². The van der Waals surface area contributed by atoms with Gasteiger partial charge < -0.3 is 14.8 Å². The minimum atomic E-state index is -0.0461. The zero-order valence-corrected chi connectivity index (χ0v) is 13.6. The molecule has 1 atom stereocenters. The van der Waals surface area contributed by atoms with Gasteiger partial charge in [0.1, 0.15) is 0 Å². The van der Waals surface area contributed by atoms with Crippen molar-refractivity contribution in [2.45, 2.75) is 58.1 Å². The van der Waals surface area contributed by atoms with Crippen molar-refractivity contribution in [1.82, 2.24) is 15.0 Å². The molecule has 1 aromatic heterocycles.